The third kappa shape index (κ3) is 4.66. The van der Waals surface area contributed by atoms with E-state index in [4.69, 9.17) is 16.6 Å². The molecular weight excluding hydrogens is 222 g/mol. The summed E-state index contributed by atoms with van der Waals surface area (Å²) < 4.78 is 24.2. The first-order valence-electron chi connectivity index (χ1n) is 3.45. The van der Waals surface area contributed by atoms with Crippen molar-refractivity contribution in [3.8, 4) is 0 Å². The normalized spacial score (nSPS) is 13.8. The Bertz CT molecular complexity index is 173. The molecular formula is C6H15ClF2N2O3. The van der Waals surface area contributed by atoms with Gasteiger partial charge in [-0.1, -0.05) is 0 Å². The van der Waals surface area contributed by atoms with Gasteiger partial charge < -0.3 is 22.1 Å². The largest absolute Gasteiger partial charge is 0.480 e. The highest BCUT2D eigenvalue weighted by Gasteiger charge is 2.42. The van der Waals surface area contributed by atoms with E-state index in [1.807, 2.05) is 0 Å². The summed E-state index contributed by atoms with van der Waals surface area (Å²) in [7, 11) is 0. The molecule has 5 nitrogen and oxygen atoms in total. The average molecular weight is 237 g/mol. The van der Waals surface area contributed by atoms with Crippen LogP contribution in [0.25, 0.3) is 0 Å². The van der Waals surface area contributed by atoms with E-state index in [-0.39, 0.29) is 37.3 Å². The lowest BCUT2D eigenvalue weighted by Crippen LogP contribution is -2.54. The fourth-order valence-electron chi connectivity index (χ4n) is 0.704. The Balaban J connectivity index is -0.000000605. The molecule has 0 radical (unpaired) electrons. The molecule has 0 aromatic heterocycles. The van der Waals surface area contributed by atoms with Crippen molar-refractivity contribution in [2.75, 3.05) is 6.54 Å². The number of halogens is 3. The molecule has 0 aliphatic rings. The third-order valence-corrected chi connectivity index (χ3v) is 1.58. The number of carboxylic acids is 1. The van der Waals surface area contributed by atoms with Crippen LogP contribution in [0.2, 0.25) is 0 Å². The number of hydrogen-bond acceptors (Lipinski definition) is 3. The maximum Gasteiger partial charge on any atom is 0.329 e. The molecule has 88 valence electrons. The summed E-state index contributed by atoms with van der Waals surface area (Å²) in [4.78, 5) is 10.3. The summed E-state index contributed by atoms with van der Waals surface area (Å²) in [6.45, 7) is 0.152. The van der Waals surface area contributed by atoms with Gasteiger partial charge in [0.25, 0.3) is 6.43 Å². The minimum Gasteiger partial charge on any atom is -0.480 e. The monoisotopic (exact) mass is 236 g/mol. The van der Waals surface area contributed by atoms with Crippen molar-refractivity contribution in [1.82, 2.24) is 0 Å². The van der Waals surface area contributed by atoms with E-state index in [1.165, 1.54) is 0 Å². The molecule has 7 N–H and O–H groups in total. The number of carbonyl (C=O) groups is 1. The van der Waals surface area contributed by atoms with E-state index in [0.717, 1.165) is 0 Å². The van der Waals surface area contributed by atoms with Gasteiger partial charge in [-0.25, -0.2) is 13.6 Å². The summed E-state index contributed by atoms with van der Waals surface area (Å²) in [5, 5.41) is 8.38. The van der Waals surface area contributed by atoms with Crippen molar-refractivity contribution in [2.45, 2.75) is 24.8 Å². The summed E-state index contributed by atoms with van der Waals surface area (Å²) in [6, 6.07) is 0. The van der Waals surface area contributed by atoms with Gasteiger partial charge in [-0.05, 0) is 19.4 Å². The lowest BCUT2D eigenvalue weighted by atomic mass is 9.95. The molecule has 0 saturated heterocycles. The smallest absolute Gasteiger partial charge is 0.329 e. The summed E-state index contributed by atoms with van der Waals surface area (Å²) in [5.41, 5.74) is 7.56. The number of nitrogens with two attached hydrogens (primary N) is 2. The van der Waals surface area contributed by atoms with Crippen LogP contribution in [-0.2, 0) is 4.79 Å². The summed E-state index contributed by atoms with van der Waals surface area (Å²) in [6.07, 6.45) is -3.20. The van der Waals surface area contributed by atoms with Crippen LogP contribution in [0.4, 0.5) is 8.78 Å². The number of hydrogen-bond donors (Lipinski definition) is 3. The van der Waals surface area contributed by atoms with Crippen LogP contribution >= 0.6 is 12.4 Å². The second-order valence-corrected chi connectivity index (χ2v) is 2.54. The Morgan fingerprint density at radius 3 is 2.14 bits per heavy atom. The standard InChI is InChI=1S/C6H12F2N2O2.ClH.H2O/c7-4(8)6(10,5(11)12)2-1-3-9;;/h4H,1-3,9-10H2,(H,11,12);1H;1H2/t6-;;/m1../s1. The van der Waals surface area contributed by atoms with Crippen molar-refractivity contribution in [3.05, 3.63) is 0 Å². The topological polar surface area (TPSA) is 121 Å². The zero-order chi connectivity index (χ0) is 9.78. The third-order valence-electron chi connectivity index (χ3n) is 1.58. The van der Waals surface area contributed by atoms with Gasteiger partial charge >= 0.3 is 5.97 Å². The van der Waals surface area contributed by atoms with E-state index >= 15 is 0 Å². The van der Waals surface area contributed by atoms with Gasteiger partial charge in [-0.2, -0.15) is 0 Å². The van der Waals surface area contributed by atoms with Crippen LogP contribution in [0, 0.1) is 0 Å². The summed E-state index contributed by atoms with van der Waals surface area (Å²) >= 11 is 0. The van der Waals surface area contributed by atoms with Crippen molar-refractivity contribution < 1.29 is 24.2 Å². The quantitative estimate of drug-likeness (QED) is 0.588. The molecule has 0 aliphatic heterocycles. The molecule has 0 amide bonds. The van der Waals surface area contributed by atoms with Crippen LogP contribution < -0.4 is 11.5 Å². The zero-order valence-electron chi connectivity index (χ0n) is 7.37. The van der Waals surface area contributed by atoms with Crippen LogP contribution in [0.3, 0.4) is 0 Å². The van der Waals surface area contributed by atoms with Gasteiger partial charge in [0.15, 0.2) is 5.54 Å². The van der Waals surface area contributed by atoms with Crippen molar-refractivity contribution in [2.24, 2.45) is 11.5 Å². The van der Waals surface area contributed by atoms with Crippen LogP contribution in [0.15, 0.2) is 0 Å². The molecule has 0 unspecified atom stereocenters. The van der Waals surface area contributed by atoms with Gasteiger partial charge in [-0.15, -0.1) is 12.4 Å². The highest BCUT2D eigenvalue weighted by molar-refractivity contribution is 5.85. The minimum atomic E-state index is -3.07. The van der Waals surface area contributed by atoms with Crippen molar-refractivity contribution in [1.29, 1.82) is 0 Å². The molecule has 8 heteroatoms. The first-order chi connectivity index (χ1) is 5.45. The molecule has 0 bridgehead atoms. The predicted octanol–water partition coefficient (Wildman–Crippen LogP) is -0.630. The summed E-state index contributed by atoms with van der Waals surface area (Å²) in [5.74, 6) is -1.69. The van der Waals surface area contributed by atoms with E-state index in [1.54, 1.807) is 0 Å². The maximum absolute atomic E-state index is 12.1. The SMILES string of the molecule is Cl.NCCC[C@](N)(C(=O)O)C(F)F.O. The van der Waals surface area contributed by atoms with Crippen molar-refractivity contribution in [3.63, 3.8) is 0 Å². The van der Waals surface area contributed by atoms with E-state index < -0.39 is 17.9 Å². The molecule has 0 spiro atoms. The molecule has 1 atom stereocenters. The van der Waals surface area contributed by atoms with Gasteiger partial charge in [-0.3, -0.25) is 0 Å². The lowest BCUT2D eigenvalue weighted by molar-refractivity contribution is -0.150. The molecule has 0 rings (SSSR count). The van der Waals surface area contributed by atoms with Crippen molar-refractivity contribution >= 4 is 18.4 Å². The Hall–Kier alpha value is -0.500. The Morgan fingerprint density at radius 2 is 1.93 bits per heavy atom. The zero-order valence-corrected chi connectivity index (χ0v) is 8.19. The number of rotatable bonds is 5. The molecule has 0 aliphatic carbocycles. The Labute approximate surface area is 86.2 Å². The maximum atomic E-state index is 12.1. The lowest BCUT2D eigenvalue weighted by Gasteiger charge is -2.22. The van der Waals surface area contributed by atoms with Crippen LogP contribution in [0.1, 0.15) is 12.8 Å². The number of alkyl halides is 2. The second kappa shape index (κ2) is 7.86. The number of aliphatic carboxylic acids is 1. The van der Waals surface area contributed by atoms with E-state index in [9.17, 15) is 13.6 Å². The molecule has 0 fully saturated rings. The fourth-order valence-corrected chi connectivity index (χ4v) is 0.704. The molecule has 0 saturated carbocycles. The first-order valence-corrected chi connectivity index (χ1v) is 3.45. The van der Waals surface area contributed by atoms with Gasteiger partial charge in [0.2, 0.25) is 0 Å². The van der Waals surface area contributed by atoms with Gasteiger partial charge in [0.1, 0.15) is 0 Å². The molecule has 0 aromatic carbocycles. The van der Waals surface area contributed by atoms with E-state index in [0.29, 0.717) is 0 Å². The number of carboxylic acid groups (broad SMARTS) is 1. The molecule has 0 heterocycles. The Kier molecular flexibility index (Phi) is 10.7. The fraction of sp³-hybridized carbons (Fsp3) is 0.833. The highest BCUT2D eigenvalue weighted by Crippen LogP contribution is 2.18. The predicted molar refractivity (Wildman–Crippen MR) is 49.7 cm³/mol. The highest BCUT2D eigenvalue weighted by atomic mass is 35.5. The minimum absolute atomic E-state index is 0. The molecule has 14 heavy (non-hydrogen) atoms. The second-order valence-electron chi connectivity index (χ2n) is 2.54. The average Bonchev–Trinajstić information content (AvgIpc) is 1.99. The molecule has 0 aromatic rings. The first kappa shape index (κ1) is 19.1. The van der Waals surface area contributed by atoms with Crippen LogP contribution in [0.5, 0.6) is 0 Å². The van der Waals surface area contributed by atoms with Gasteiger partial charge in [0, 0.05) is 0 Å². The van der Waals surface area contributed by atoms with Gasteiger partial charge in [0.05, 0.1) is 0 Å². The Morgan fingerprint density at radius 1 is 1.50 bits per heavy atom. The van der Waals surface area contributed by atoms with Crippen LogP contribution in [-0.4, -0.2) is 35.1 Å². The van der Waals surface area contributed by atoms with E-state index in [2.05, 4.69) is 0 Å².